The topological polar surface area (TPSA) is 75.6 Å². The molecule has 0 fully saturated rings. The molecule has 1 unspecified atom stereocenters. The maximum atomic E-state index is 11.6. The van der Waals surface area contributed by atoms with Crippen LogP contribution >= 0.6 is 11.7 Å². The second kappa shape index (κ2) is 5.74. The minimum Gasteiger partial charge on any atom is -0.389 e. The minimum absolute atomic E-state index is 0.201. The van der Waals surface area contributed by atoms with Gasteiger partial charge in [-0.25, -0.2) is 0 Å². The quantitative estimate of drug-likeness (QED) is 0.747. The Balaban J connectivity index is 2.47. The lowest BCUT2D eigenvalue weighted by Crippen LogP contribution is -2.36. The van der Waals surface area contributed by atoms with E-state index in [-0.39, 0.29) is 19.1 Å². The monoisotopic (exact) mass is 231 g/mol. The molecule has 1 heterocycles. The first-order chi connectivity index (χ1) is 7.15. The lowest BCUT2D eigenvalue weighted by atomic mass is 10.3. The Bertz CT molecular complexity index is 304. The molecule has 0 saturated heterocycles. The number of rotatable bonds is 5. The summed E-state index contributed by atoms with van der Waals surface area (Å²) in [6.45, 7) is 0.414. The van der Waals surface area contributed by atoms with Gasteiger partial charge in [0.15, 0.2) is 5.69 Å². The van der Waals surface area contributed by atoms with Crippen molar-refractivity contribution in [1.29, 1.82) is 0 Å². The molecule has 1 rings (SSSR count). The number of carbonyl (C=O) groups excluding carboxylic acids is 1. The molecule has 1 atom stereocenters. The summed E-state index contributed by atoms with van der Waals surface area (Å²) in [7, 11) is 3.09. The molecule has 0 radical (unpaired) electrons. The second-order valence-electron chi connectivity index (χ2n) is 3.09. The van der Waals surface area contributed by atoms with Crippen molar-refractivity contribution in [3.05, 3.63) is 11.9 Å². The van der Waals surface area contributed by atoms with Crippen molar-refractivity contribution in [1.82, 2.24) is 13.6 Å². The van der Waals surface area contributed by atoms with E-state index in [1.165, 1.54) is 18.2 Å². The van der Waals surface area contributed by atoms with Gasteiger partial charge in [-0.2, -0.15) is 8.75 Å². The largest absolute Gasteiger partial charge is 0.389 e. The van der Waals surface area contributed by atoms with Crippen LogP contribution in [0, 0.1) is 0 Å². The molecular weight excluding hydrogens is 218 g/mol. The molecule has 0 spiro atoms. The number of amides is 1. The molecule has 84 valence electrons. The van der Waals surface area contributed by atoms with E-state index < -0.39 is 6.10 Å². The molecule has 1 aromatic heterocycles. The Morgan fingerprint density at radius 3 is 3.07 bits per heavy atom. The molecule has 0 aliphatic heterocycles. The number of carbonyl (C=O) groups is 1. The van der Waals surface area contributed by atoms with Crippen LogP contribution < -0.4 is 0 Å². The number of ether oxygens (including phenoxy) is 1. The number of hydrogen-bond acceptors (Lipinski definition) is 6. The smallest absolute Gasteiger partial charge is 0.275 e. The van der Waals surface area contributed by atoms with Crippen LogP contribution in [0.15, 0.2) is 6.20 Å². The summed E-state index contributed by atoms with van der Waals surface area (Å²) in [6, 6.07) is 0. The van der Waals surface area contributed by atoms with E-state index in [2.05, 4.69) is 8.75 Å². The van der Waals surface area contributed by atoms with Crippen molar-refractivity contribution in [3.63, 3.8) is 0 Å². The second-order valence-corrected chi connectivity index (χ2v) is 3.64. The van der Waals surface area contributed by atoms with E-state index in [0.29, 0.717) is 5.69 Å². The highest BCUT2D eigenvalue weighted by Crippen LogP contribution is 2.01. The summed E-state index contributed by atoms with van der Waals surface area (Å²) < 4.78 is 12.3. The van der Waals surface area contributed by atoms with E-state index in [1.807, 2.05) is 0 Å². The van der Waals surface area contributed by atoms with Gasteiger partial charge in [0.2, 0.25) is 0 Å². The number of methoxy groups -OCH3 is 1. The fourth-order valence-corrected chi connectivity index (χ4v) is 1.51. The Labute approximate surface area is 91.8 Å². The molecular formula is C8H13N3O3S. The van der Waals surface area contributed by atoms with Crippen LogP contribution in [-0.4, -0.2) is 58.1 Å². The maximum absolute atomic E-state index is 11.6. The van der Waals surface area contributed by atoms with Crippen LogP contribution in [0.25, 0.3) is 0 Å². The van der Waals surface area contributed by atoms with Gasteiger partial charge in [-0.3, -0.25) is 4.79 Å². The molecule has 1 amide bonds. The third-order valence-corrected chi connectivity index (χ3v) is 2.25. The van der Waals surface area contributed by atoms with Gasteiger partial charge >= 0.3 is 0 Å². The fourth-order valence-electron chi connectivity index (χ4n) is 1.10. The number of hydrogen-bond donors (Lipinski definition) is 1. The summed E-state index contributed by atoms with van der Waals surface area (Å²) in [6.07, 6.45) is 0.724. The van der Waals surface area contributed by atoms with Crippen LogP contribution in [0.3, 0.4) is 0 Å². The number of aromatic nitrogens is 2. The van der Waals surface area contributed by atoms with Crippen LogP contribution in [0.4, 0.5) is 0 Å². The minimum atomic E-state index is -0.685. The van der Waals surface area contributed by atoms with E-state index in [9.17, 15) is 9.90 Å². The van der Waals surface area contributed by atoms with Crippen LogP contribution in [0.2, 0.25) is 0 Å². The van der Waals surface area contributed by atoms with Crippen molar-refractivity contribution < 1.29 is 14.6 Å². The first-order valence-electron chi connectivity index (χ1n) is 4.35. The predicted molar refractivity (Wildman–Crippen MR) is 54.8 cm³/mol. The van der Waals surface area contributed by atoms with Gasteiger partial charge in [0.05, 0.1) is 30.6 Å². The number of aliphatic hydroxyl groups is 1. The van der Waals surface area contributed by atoms with Crippen molar-refractivity contribution in [3.8, 4) is 0 Å². The van der Waals surface area contributed by atoms with Crippen molar-refractivity contribution in [2.45, 2.75) is 6.10 Å². The molecule has 7 heteroatoms. The number of aliphatic hydroxyl groups excluding tert-OH is 1. The van der Waals surface area contributed by atoms with Crippen molar-refractivity contribution in [2.75, 3.05) is 27.3 Å². The first kappa shape index (κ1) is 12.0. The maximum Gasteiger partial charge on any atom is 0.275 e. The molecule has 1 aromatic rings. The van der Waals surface area contributed by atoms with E-state index >= 15 is 0 Å². The summed E-state index contributed by atoms with van der Waals surface area (Å²) >= 11 is 0.980. The van der Waals surface area contributed by atoms with Crippen LogP contribution in [-0.2, 0) is 4.74 Å². The third-order valence-electron chi connectivity index (χ3n) is 1.77. The van der Waals surface area contributed by atoms with Gasteiger partial charge < -0.3 is 14.7 Å². The summed E-state index contributed by atoms with van der Waals surface area (Å²) in [5.41, 5.74) is 0.298. The Hall–Kier alpha value is -1.05. The van der Waals surface area contributed by atoms with E-state index in [1.54, 1.807) is 7.05 Å². The molecule has 0 saturated carbocycles. The molecule has 0 bridgehead atoms. The average Bonchev–Trinajstić information content (AvgIpc) is 2.69. The van der Waals surface area contributed by atoms with Gasteiger partial charge in [-0.15, -0.1) is 0 Å². The highest BCUT2D eigenvalue weighted by molar-refractivity contribution is 6.99. The Morgan fingerprint density at radius 2 is 2.53 bits per heavy atom. The first-order valence-corrected chi connectivity index (χ1v) is 5.08. The highest BCUT2D eigenvalue weighted by atomic mass is 32.1. The third kappa shape index (κ3) is 3.54. The fraction of sp³-hybridized carbons (Fsp3) is 0.625. The van der Waals surface area contributed by atoms with E-state index in [4.69, 9.17) is 4.74 Å². The molecule has 0 aliphatic rings. The SMILES string of the molecule is COCC(O)CN(C)C(=O)c1cnsn1. The van der Waals surface area contributed by atoms with Crippen molar-refractivity contribution in [2.24, 2.45) is 0 Å². The average molecular weight is 231 g/mol. The lowest BCUT2D eigenvalue weighted by Gasteiger charge is -2.19. The highest BCUT2D eigenvalue weighted by Gasteiger charge is 2.17. The standard InChI is InChI=1S/C8H13N3O3S/c1-11(4-6(12)5-14-2)8(13)7-3-9-15-10-7/h3,6,12H,4-5H2,1-2H3. The molecule has 6 nitrogen and oxygen atoms in total. The lowest BCUT2D eigenvalue weighted by molar-refractivity contribution is 0.0378. The molecule has 1 N–H and O–H groups in total. The number of likely N-dealkylation sites (N-methyl/N-ethyl adjacent to an activating group) is 1. The van der Waals surface area contributed by atoms with Crippen LogP contribution in [0.1, 0.15) is 10.5 Å². The van der Waals surface area contributed by atoms with E-state index in [0.717, 1.165) is 11.7 Å². The van der Waals surface area contributed by atoms with Gasteiger partial charge in [0.25, 0.3) is 5.91 Å². The molecule has 0 aliphatic carbocycles. The number of nitrogens with zero attached hydrogens (tertiary/aromatic N) is 3. The predicted octanol–water partition coefficient (Wildman–Crippen LogP) is -0.383. The molecule has 15 heavy (non-hydrogen) atoms. The zero-order chi connectivity index (χ0) is 11.3. The Morgan fingerprint density at radius 1 is 1.80 bits per heavy atom. The van der Waals surface area contributed by atoms with Gasteiger partial charge in [0, 0.05) is 20.7 Å². The molecule has 0 aromatic carbocycles. The van der Waals surface area contributed by atoms with Gasteiger partial charge in [0.1, 0.15) is 0 Å². The zero-order valence-corrected chi connectivity index (χ0v) is 9.40. The summed E-state index contributed by atoms with van der Waals surface area (Å²) in [5, 5.41) is 9.41. The van der Waals surface area contributed by atoms with Gasteiger partial charge in [-0.1, -0.05) is 0 Å². The normalized spacial score (nSPS) is 12.5. The van der Waals surface area contributed by atoms with Crippen molar-refractivity contribution >= 4 is 17.6 Å². The summed E-state index contributed by atoms with van der Waals surface area (Å²) in [5.74, 6) is -0.251. The van der Waals surface area contributed by atoms with Gasteiger partial charge in [-0.05, 0) is 0 Å². The van der Waals surface area contributed by atoms with Crippen LogP contribution in [0.5, 0.6) is 0 Å². The Kier molecular flexibility index (Phi) is 4.60. The zero-order valence-electron chi connectivity index (χ0n) is 8.58. The summed E-state index contributed by atoms with van der Waals surface area (Å²) in [4.78, 5) is 13.0.